The van der Waals surface area contributed by atoms with Gasteiger partial charge in [-0.1, -0.05) is 17.7 Å². The molecule has 0 spiro atoms. The lowest BCUT2D eigenvalue weighted by Crippen LogP contribution is -2.12. The van der Waals surface area contributed by atoms with Crippen LogP contribution in [0.1, 0.15) is 18.0 Å². The normalized spacial score (nSPS) is 10.3. The lowest BCUT2D eigenvalue weighted by Gasteiger charge is -2.04. The molecule has 0 unspecified atom stereocenters. The molecule has 2 rings (SSSR count). The third-order valence-corrected chi connectivity index (χ3v) is 2.62. The third-order valence-electron chi connectivity index (χ3n) is 2.38. The van der Waals surface area contributed by atoms with Gasteiger partial charge in [0, 0.05) is 30.5 Å². The zero-order chi connectivity index (χ0) is 13.0. The zero-order valence-corrected chi connectivity index (χ0v) is 10.7. The van der Waals surface area contributed by atoms with E-state index in [1.165, 1.54) is 0 Å². The Bertz CT molecular complexity index is 551. The lowest BCUT2D eigenvalue weighted by molar-refractivity contribution is -0.116. The molecule has 0 aliphatic heterocycles. The highest BCUT2D eigenvalue weighted by atomic mass is 35.5. The first-order valence-electron chi connectivity index (χ1n) is 5.60. The van der Waals surface area contributed by atoms with Crippen molar-refractivity contribution in [2.45, 2.75) is 19.8 Å². The van der Waals surface area contributed by atoms with Gasteiger partial charge in [-0.25, -0.2) is 4.98 Å². The number of carbonyl (C=O) groups is 1. The topological polar surface area (TPSA) is 55.1 Å². The van der Waals surface area contributed by atoms with E-state index in [9.17, 15) is 4.79 Å². The van der Waals surface area contributed by atoms with Gasteiger partial charge in [0.15, 0.2) is 5.89 Å². The molecule has 1 aromatic carbocycles. The van der Waals surface area contributed by atoms with Gasteiger partial charge in [-0.05, 0) is 18.2 Å². The highest BCUT2D eigenvalue weighted by Crippen LogP contribution is 2.15. The maximum absolute atomic E-state index is 11.7. The van der Waals surface area contributed by atoms with Crippen LogP contribution in [0.2, 0.25) is 5.02 Å². The van der Waals surface area contributed by atoms with Crippen molar-refractivity contribution in [3.8, 4) is 0 Å². The molecule has 1 amide bonds. The Morgan fingerprint density at radius 2 is 2.33 bits per heavy atom. The summed E-state index contributed by atoms with van der Waals surface area (Å²) >= 11 is 5.83. The molecule has 1 heterocycles. The molecule has 5 heteroatoms. The second-order valence-electron chi connectivity index (χ2n) is 3.92. The lowest BCUT2D eigenvalue weighted by atomic mass is 10.2. The summed E-state index contributed by atoms with van der Waals surface area (Å²) in [5.41, 5.74) is 1.48. The van der Waals surface area contributed by atoms with Gasteiger partial charge in [-0.3, -0.25) is 4.79 Å². The Kier molecular flexibility index (Phi) is 3.99. The highest BCUT2D eigenvalue weighted by Gasteiger charge is 2.06. The molecular formula is C13H13ClN2O2. The molecule has 4 nitrogen and oxygen atoms in total. The predicted molar refractivity (Wildman–Crippen MR) is 69.6 cm³/mol. The molecule has 2 aromatic rings. The monoisotopic (exact) mass is 264 g/mol. The number of oxazole rings is 1. The molecule has 0 aliphatic rings. The Hall–Kier alpha value is -1.81. The van der Waals surface area contributed by atoms with Gasteiger partial charge < -0.3 is 9.73 Å². The first kappa shape index (κ1) is 12.6. The van der Waals surface area contributed by atoms with E-state index in [0.29, 0.717) is 29.4 Å². The summed E-state index contributed by atoms with van der Waals surface area (Å²) in [6, 6.07) is 7.05. The van der Waals surface area contributed by atoms with Crippen molar-refractivity contribution in [2.24, 2.45) is 0 Å². The number of amides is 1. The van der Waals surface area contributed by atoms with Crippen molar-refractivity contribution in [1.29, 1.82) is 0 Å². The predicted octanol–water partition coefficient (Wildman–Crippen LogP) is 3.21. The first-order valence-corrected chi connectivity index (χ1v) is 5.98. The van der Waals surface area contributed by atoms with Gasteiger partial charge in [0.05, 0.1) is 5.69 Å². The Morgan fingerprint density at radius 1 is 1.50 bits per heavy atom. The average molecular weight is 265 g/mol. The molecule has 0 bridgehead atoms. The number of nitrogens with zero attached hydrogens (tertiary/aromatic N) is 1. The fourth-order valence-electron chi connectivity index (χ4n) is 1.55. The molecular weight excluding hydrogens is 252 g/mol. The number of benzene rings is 1. The minimum Gasteiger partial charge on any atom is -0.449 e. The van der Waals surface area contributed by atoms with E-state index >= 15 is 0 Å². The van der Waals surface area contributed by atoms with Crippen molar-refractivity contribution >= 4 is 23.2 Å². The van der Waals surface area contributed by atoms with Crippen LogP contribution in [0.3, 0.4) is 0 Å². The summed E-state index contributed by atoms with van der Waals surface area (Å²) in [6.07, 6.45) is 2.49. The molecule has 0 aliphatic carbocycles. The maximum Gasteiger partial charge on any atom is 0.224 e. The Balaban J connectivity index is 1.85. The molecule has 0 radical (unpaired) electrons. The molecule has 94 valence electrons. The maximum atomic E-state index is 11.7. The number of anilines is 1. The third kappa shape index (κ3) is 3.60. The SMILES string of the molecule is Cc1nc(CCC(=O)Nc2cccc(Cl)c2)co1. The fourth-order valence-corrected chi connectivity index (χ4v) is 1.74. The van der Waals surface area contributed by atoms with Crippen LogP contribution in [-0.4, -0.2) is 10.9 Å². The minimum atomic E-state index is -0.0714. The van der Waals surface area contributed by atoms with Crippen LogP contribution in [0, 0.1) is 6.92 Å². The number of nitrogens with one attached hydrogen (secondary N) is 1. The van der Waals surface area contributed by atoms with Crippen molar-refractivity contribution in [2.75, 3.05) is 5.32 Å². The van der Waals surface area contributed by atoms with Gasteiger partial charge >= 0.3 is 0 Å². The van der Waals surface area contributed by atoms with Gasteiger partial charge in [-0.15, -0.1) is 0 Å². The van der Waals surface area contributed by atoms with E-state index in [0.717, 1.165) is 5.69 Å². The zero-order valence-electron chi connectivity index (χ0n) is 9.94. The largest absolute Gasteiger partial charge is 0.449 e. The average Bonchev–Trinajstić information content (AvgIpc) is 2.73. The number of halogens is 1. The van der Waals surface area contributed by atoms with Gasteiger partial charge in [-0.2, -0.15) is 0 Å². The first-order chi connectivity index (χ1) is 8.63. The van der Waals surface area contributed by atoms with Crippen LogP contribution in [0.4, 0.5) is 5.69 Å². The van der Waals surface area contributed by atoms with E-state index in [-0.39, 0.29) is 5.91 Å². The summed E-state index contributed by atoms with van der Waals surface area (Å²) in [6.45, 7) is 1.77. The standard InChI is InChI=1S/C13H13ClN2O2/c1-9-15-12(8-18-9)5-6-13(17)16-11-4-2-3-10(14)7-11/h2-4,7-8H,5-6H2,1H3,(H,16,17). The summed E-state index contributed by atoms with van der Waals surface area (Å²) in [7, 11) is 0. The molecule has 1 aromatic heterocycles. The highest BCUT2D eigenvalue weighted by molar-refractivity contribution is 6.30. The van der Waals surface area contributed by atoms with Gasteiger partial charge in [0.1, 0.15) is 6.26 Å². The van der Waals surface area contributed by atoms with Crippen LogP contribution in [-0.2, 0) is 11.2 Å². The van der Waals surface area contributed by atoms with Crippen LogP contribution in [0.15, 0.2) is 34.9 Å². The van der Waals surface area contributed by atoms with Crippen LogP contribution < -0.4 is 5.32 Å². The minimum absolute atomic E-state index is 0.0714. The number of carbonyl (C=O) groups excluding carboxylic acids is 1. The van der Waals surface area contributed by atoms with Gasteiger partial charge in [0.25, 0.3) is 0 Å². The Labute approximate surface area is 110 Å². The molecule has 0 atom stereocenters. The van der Waals surface area contributed by atoms with Crippen molar-refractivity contribution < 1.29 is 9.21 Å². The van der Waals surface area contributed by atoms with Crippen molar-refractivity contribution in [3.63, 3.8) is 0 Å². The quantitative estimate of drug-likeness (QED) is 0.923. The molecule has 1 N–H and O–H groups in total. The smallest absolute Gasteiger partial charge is 0.224 e. The van der Waals surface area contributed by atoms with Crippen molar-refractivity contribution in [3.05, 3.63) is 47.1 Å². The second-order valence-corrected chi connectivity index (χ2v) is 4.35. The fraction of sp³-hybridized carbons (Fsp3) is 0.231. The van der Waals surface area contributed by atoms with Crippen LogP contribution in [0.25, 0.3) is 0 Å². The summed E-state index contributed by atoms with van der Waals surface area (Å²) < 4.78 is 5.07. The van der Waals surface area contributed by atoms with Gasteiger partial charge in [0.2, 0.25) is 5.91 Å². The van der Waals surface area contributed by atoms with E-state index in [1.54, 1.807) is 37.5 Å². The van der Waals surface area contributed by atoms with E-state index in [2.05, 4.69) is 10.3 Å². The number of aromatic nitrogens is 1. The van der Waals surface area contributed by atoms with E-state index in [1.807, 2.05) is 0 Å². The number of rotatable bonds is 4. The summed E-state index contributed by atoms with van der Waals surface area (Å²) in [5, 5.41) is 3.38. The molecule has 18 heavy (non-hydrogen) atoms. The van der Waals surface area contributed by atoms with Crippen LogP contribution in [0.5, 0.6) is 0 Å². The number of hydrogen-bond donors (Lipinski definition) is 1. The van der Waals surface area contributed by atoms with Crippen molar-refractivity contribution in [1.82, 2.24) is 4.98 Å². The second kappa shape index (κ2) is 5.69. The Morgan fingerprint density at radius 3 is 3.00 bits per heavy atom. The van der Waals surface area contributed by atoms with E-state index < -0.39 is 0 Å². The van der Waals surface area contributed by atoms with Crippen LogP contribution >= 0.6 is 11.6 Å². The summed E-state index contributed by atoms with van der Waals surface area (Å²) in [4.78, 5) is 15.8. The molecule has 0 saturated heterocycles. The summed E-state index contributed by atoms with van der Waals surface area (Å²) in [5.74, 6) is 0.540. The molecule has 0 fully saturated rings. The number of hydrogen-bond acceptors (Lipinski definition) is 3. The molecule has 0 saturated carbocycles. The number of aryl methyl sites for hydroxylation is 2. The van der Waals surface area contributed by atoms with E-state index in [4.69, 9.17) is 16.0 Å².